The van der Waals surface area contributed by atoms with Crippen LogP contribution in [0.5, 0.6) is 0 Å². The summed E-state index contributed by atoms with van der Waals surface area (Å²) >= 11 is 0. The lowest BCUT2D eigenvalue weighted by molar-refractivity contribution is -0.124. The molecule has 2 fully saturated rings. The molecule has 0 bridgehead atoms. The molecular formula is C25H30N4O2. The van der Waals surface area contributed by atoms with E-state index in [9.17, 15) is 4.79 Å². The highest BCUT2D eigenvalue weighted by atomic mass is 16.5. The fourth-order valence-corrected chi connectivity index (χ4v) is 4.60. The van der Waals surface area contributed by atoms with Crippen LogP contribution >= 0.6 is 0 Å². The van der Waals surface area contributed by atoms with E-state index in [0.717, 1.165) is 69.1 Å². The van der Waals surface area contributed by atoms with Crippen LogP contribution in [0.25, 0.3) is 22.2 Å². The number of nitrogens with one attached hydrogen (secondary N) is 3. The molecule has 5 rings (SSSR count). The van der Waals surface area contributed by atoms with Crippen LogP contribution < -0.4 is 10.6 Å². The van der Waals surface area contributed by atoms with Gasteiger partial charge in [0.05, 0.1) is 17.7 Å². The number of carbonyl (C=O) groups excluding carboxylic acids is 1. The summed E-state index contributed by atoms with van der Waals surface area (Å²) in [5.74, 6) is 0.750. The first kappa shape index (κ1) is 20.1. The van der Waals surface area contributed by atoms with E-state index in [1.807, 2.05) is 6.07 Å². The lowest BCUT2D eigenvalue weighted by Gasteiger charge is -2.27. The quantitative estimate of drug-likeness (QED) is 0.572. The summed E-state index contributed by atoms with van der Waals surface area (Å²) in [4.78, 5) is 17.7. The van der Waals surface area contributed by atoms with Gasteiger partial charge >= 0.3 is 0 Å². The van der Waals surface area contributed by atoms with E-state index in [4.69, 9.17) is 4.74 Å². The van der Waals surface area contributed by atoms with Gasteiger partial charge in [-0.25, -0.2) is 0 Å². The Balaban J connectivity index is 1.44. The third-order valence-corrected chi connectivity index (χ3v) is 6.32. The van der Waals surface area contributed by atoms with Crippen LogP contribution in [0.3, 0.4) is 0 Å². The Morgan fingerprint density at radius 1 is 1.10 bits per heavy atom. The number of H-pyrrole nitrogens is 1. The highest BCUT2D eigenvalue weighted by Crippen LogP contribution is 2.31. The third-order valence-electron chi connectivity index (χ3n) is 6.32. The molecule has 1 aromatic heterocycles. The van der Waals surface area contributed by atoms with E-state index in [1.54, 1.807) is 0 Å². The molecule has 0 spiro atoms. The molecule has 0 aliphatic carbocycles. The summed E-state index contributed by atoms with van der Waals surface area (Å²) in [6.45, 7) is 5.52. The van der Waals surface area contributed by atoms with Crippen LogP contribution in [0.15, 0.2) is 48.5 Å². The molecule has 3 aromatic rings. The normalized spacial score (nSPS) is 18.3. The molecule has 3 heterocycles. The van der Waals surface area contributed by atoms with Crippen molar-refractivity contribution < 1.29 is 9.53 Å². The SMILES string of the molecule is O=C1CN(Cc2cc(NCC3CCOCC3)c3[nH]c(-c4ccccc4)cc3c2)CCN1. The first-order valence-electron chi connectivity index (χ1n) is 11.3. The number of hydrogen-bond acceptors (Lipinski definition) is 4. The first-order chi connectivity index (χ1) is 15.2. The number of piperazine rings is 1. The Kier molecular flexibility index (Phi) is 5.91. The first-order valence-corrected chi connectivity index (χ1v) is 11.3. The standard InChI is InChI=1S/C25H30N4O2/c30-24-17-29(9-8-26-24)16-19-12-21-14-22(20-4-2-1-3-5-20)28-25(21)23(13-19)27-15-18-6-10-31-11-7-18/h1-5,12-14,18,27-28H,6-11,15-17H2,(H,26,30). The minimum absolute atomic E-state index is 0.109. The molecule has 3 N–H and O–H groups in total. The predicted molar refractivity (Wildman–Crippen MR) is 124 cm³/mol. The Morgan fingerprint density at radius 3 is 2.74 bits per heavy atom. The average molecular weight is 419 g/mol. The second kappa shape index (κ2) is 9.12. The van der Waals surface area contributed by atoms with E-state index in [-0.39, 0.29) is 5.91 Å². The van der Waals surface area contributed by atoms with Crippen molar-refractivity contribution in [3.8, 4) is 11.3 Å². The van der Waals surface area contributed by atoms with Gasteiger partial charge in [-0.1, -0.05) is 30.3 Å². The average Bonchev–Trinajstić information content (AvgIpc) is 3.23. The topological polar surface area (TPSA) is 69.4 Å². The molecule has 2 aliphatic rings. The molecule has 162 valence electrons. The summed E-state index contributed by atoms with van der Waals surface area (Å²) < 4.78 is 5.51. The van der Waals surface area contributed by atoms with Crippen LogP contribution in [-0.2, 0) is 16.1 Å². The number of fused-ring (bicyclic) bond motifs is 1. The zero-order chi connectivity index (χ0) is 21.0. The van der Waals surface area contributed by atoms with Crippen molar-refractivity contribution in [2.45, 2.75) is 19.4 Å². The Morgan fingerprint density at radius 2 is 1.94 bits per heavy atom. The molecule has 2 saturated heterocycles. The molecule has 2 aliphatic heterocycles. The van der Waals surface area contributed by atoms with Crippen molar-refractivity contribution in [3.05, 3.63) is 54.1 Å². The molecular weight excluding hydrogens is 388 g/mol. The summed E-state index contributed by atoms with van der Waals surface area (Å²) in [7, 11) is 0. The van der Waals surface area contributed by atoms with E-state index < -0.39 is 0 Å². The van der Waals surface area contributed by atoms with Gasteiger partial charge in [0.15, 0.2) is 0 Å². The zero-order valence-corrected chi connectivity index (χ0v) is 17.8. The number of hydrogen-bond donors (Lipinski definition) is 3. The predicted octanol–water partition coefficient (Wildman–Crippen LogP) is 3.61. The lowest BCUT2D eigenvalue weighted by atomic mass is 10.00. The molecule has 1 amide bonds. The maximum absolute atomic E-state index is 11.8. The number of aromatic nitrogens is 1. The van der Waals surface area contributed by atoms with Crippen molar-refractivity contribution in [1.29, 1.82) is 0 Å². The molecule has 0 unspecified atom stereocenters. The fourth-order valence-electron chi connectivity index (χ4n) is 4.60. The smallest absolute Gasteiger partial charge is 0.234 e. The van der Waals surface area contributed by atoms with Gasteiger partial charge < -0.3 is 20.4 Å². The van der Waals surface area contributed by atoms with Gasteiger partial charge in [-0.05, 0) is 48.1 Å². The summed E-state index contributed by atoms with van der Waals surface area (Å²) in [6.07, 6.45) is 2.22. The number of amides is 1. The van der Waals surface area contributed by atoms with Crippen LogP contribution in [0.2, 0.25) is 0 Å². The van der Waals surface area contributed by atoms with Crippen LogP contribution in [-0.4, -0.2) is 55.2 Å². The summed E-state index contributed by atoms with van der Waals surface area (Å²) in [6, 6.07) is 17.2. The molecule has 6 nitrogen and oxygen atoms in total. The number of ether oxygens (including phenoxy) is 1. The van der Waals surface area contributed by atoms with Crippen molar-refractivity contribution in [3.63, 3.8) is 0 Å². The van der Waals surface area contributed by atoms with Crippen LogP contribution in [0.1, 0.15) is 18.4 Å². The maximum Gasteiger partial charge on any atom is 0.234 e. The van der Waals surface area contributed by atoms with Gasteiger partial charge in [-0.3, -0.25) is 9.69 Å². The van der Waals surface area contributed by atoms with E-state index in [2.05, 4.69) is 63.0 Å². The Hall–Kier alpha value is -2.83. The second-order valence-corrected chi connectivity index (χ2v) is 8.65. The number of benzene rings is 2. The summed E-state index contributed by atoms with van der Waals surface area (Å²) in [5, 5.41) is 7.83. The number of aromatic amines is 1. The molecule has 0 radical (unpaired) electrons. The van der Waals surface area contributed by atoms with E-state index >= 15 is 0 Å². The number of nitrogens with zero attached hydrogens (tertiary/aromatic N) is 1. The van der Waals surface area contributed by atoms with Crippen LogP contribution in [0, 0.1) is 5.92 Å². The van der Waals surface area contributed by atoms with E-state index in [1.165, 1.54) is 16.5 Å². The number of carbonyl (C=O) groups is 1. The van der Waals surface area contributed by atoms with Crippen molar-refractivity contribution in [2.75, 3.05) is 44.7 Å². The Labute approximate surface area is 183 Å². The highest BCUT2D eigenvalue weighted by Gasteiger charge is 2.18. The minimum atomic E-state index is 0.109. The molecule has 0 saturated carbocycles. The second-order valence-electron chi connectivity index (χ2n) is 8.65. The van der Waals surface area contributed by atoms with Crippen LogP contribution in [0.4, 0.5) is 5.69 Å². The minimum Gasteiger partial charge on any atom is -0.383 e. The number of rotatable bonds is 6. The van der Waals surface area contributed by atoms with Gasteiger partial charge in [0.25, 0.3) is 0 Å². The molecule has 0 atom stereocenters. The highest BCUT2D eigenvalue weighted by molar-refractivity contribution is 5.95. The molecule has 6 heteroatoms. The number of anilines is 1. The van der Waals surface area contributed by atoms with Crippen molar-refractivity contribution in [1.82, 2.24) is 15.2 Å². The lowest BCUT2D eigenvalue weighted by Crippen LogP contribution is -2.47. The van der Waals surface area contributed by atoms with Crippen molar-refractivity contribution in [2.24, 2.45) is 5.92 Å². The fraction of sp³-hybridized carbons (Fsp3) is 0.400. The third kappa shape index (κ3) is 4.75. The van der Waals surface area contributed by atoms with Gasteiger partial charge in [-0.2, -0.15) is 0 Å². The van der Waals surface area contributed by atoms with Gasteiger partial charge in [0.1, 0.15) is 0 Å². The van der Waals surface area contributed by atoms with Gasteiger partial charge in [0, 0.05) is 50.5 Å². The van der Waals surface area contributed by atoms with E-state index in [0.29, 0.717) is 12.5 Å². The maximum atomic E-state index is 11.8. The zero-order valence-electron chi connectivity index (χ0n) is 17.8. The molecule has 31 heavy (non-hydrogen) atoms. The van der Waals surface area contributed by atoms with Gasteiger partial charge in [-0.15, -0.1) is 0 Å². The summed E-state index contributed by atoms with van der Waals surface area (Å²) in [5.41, 5.74) is 5.83. The van der Waals surface area contributed by atoms with Gasteiger partial charge in [0.2, 0.25) is 5.91 Å². The molecule has 2 aromatic carbocycles. The largest absolute Gasteiger partial charge is 0.383 e. The monoisotopic (exact) mass is 418 g/mol. The van der Waals surface area contributed by atoms with Crippen molar-refractivity contribution >= 4 is 22.5 Å². The Bertz CT molecular complexity index is 1040.